The summed E-state index contributed by atoms with van der Waals surface area (Å²) >= 11 is 4.82. The Bertz CT molecular complexity index is 1560. The highest BCUT2D eigenvalue weighted by molar-refractivity contribution is 9.10. The Morgan fingerprint density at radius 1 is 0.857 bits per heavy atom. The lowest BCUT2D eigenvalue weighted by molar-refractivity contribution is -0.116. The van der Waals surface area contributed by atoms with E-state index in [9.17, 15) is 14.4 Å². The van der Waals surface area contributed by atoms with Crippen LogP contribution in [0, 0.1) is 0 Å². The predicted molar refractivity (Wildman–Crippen MR) is 173 cm³/mol. The molecule has 4 rings (SSSR count). The van der Waals surface area contributed by atoms with Crippen LogP contribution in [-0.2, 0) is 9.59 Å². The van der Waals surface area contributed by atoms with Gasteiger partial charge < -0.3 is 20.7 Å². The normalized spacial score (nSPS) is 11.7. The Balaban J connectivity index is 1.48. The molecule has 0 saturated carbocycles. The Hall–Kier alpha value is -4.34. The Morgan fingerprint density at radius 3 is 2.24 bits per heavy atom. The van der Waals surface area contributed by atoms with Crippen molar-refractivity contribution in [1.29, 1.82) is 0 Å². The molecule has 0 aliphatic rings. The standard InChI is InChI=1S/C33H30BrN3O4S/c1-3-30(33(40)35-25-16-18-27(41-2)19-17-25)42-28-11-7-10-26(21-28)36-32(39)29(20-22-12-14-24(34)15-13-22)37-31(38)23-8-5-4-6-9-23/h4-21,30H,3H2,1-2H3,(H,35,40)(H,36,39)(H,37,38)/b29-20-. The van der Waals surface area contributed by atoms with Crippen molar-refractivity contribution in [2.24, 2.45) is 0 Å². The number of hydrogen-bond acceptors (Lipinski definition) is 5. The lowest BCUT2D eigenvalue weighted by atomic mass is 10.1. The van der Waals surface area contributed by atoms with Gasteiger partial charge in [-0.05, 0) is 84.8 Å². The molecule has 1 atom stereocenters. The minimum Gasteiger partial charge on any atom is -0.497 e. The highest BCUT2D eigenvalue weighted by atomic mass is 79.9. The summed E-state index contributed by atoms with van der Waals surface area (Å²) in [5.41, 5.74) is 2.49. The molecule has 3 N–H and O–H groups in total. The van der Waals surface area contributed by atoms with Crippen LogP contribution in [0.15, 0.2) is 118 Å². The summed E-state index contributed by atoms with van der Waals surface area (Å²) in [4.78, 5) is 40.1. The molecule has 0 saturated heterocycles. The number of nitrogens with one attached hydrogen (secondary N) is 3. The van der Waals surface area contributed by atoms with Crippen molar-refractivity contribution in [2.45, 2.75) is 23.5 Å². The van der Waals surface area contributed by atoms with Crippen LogP contribution in [0.4, 0.5) is 11.4 Å². The summed E-state index contributed by atoms with van der Waals surface area (Å²) in [7, 11) is 1.59. The van der Waals surface area contributed by atoms with E-state index >= 15 is 0 Å². The number of anilines is 2. The Kier molecular flexibility index (Phi) is 11.0. The van der Waals surface area contributed by atoms with Crippen LogP contribution >= 0.6 is 27.7 Å². The van der Waals surface area contributed by atoms with Gasteiger partial charge in [-0.1, -0.05) is 59.3 Å². The number of benzene rings is 4. The Labute approximate surface area is 257 Å². The predicted octanol–water partition coefficient (Wildman–Crippen LogP) is 7.38. The first-order chi connectivity index (χ1) is 20.3. The van der Waals surface area contributed by atoms with Gasteiger partial charge in [0.25, 0.3) is 11.8 Å². The van der Waals surface area contributed by atoms with Gasteiger partial charge in [-0.2, -0.15) is 0 Å². The maximum Gasteiger partial charge on any atom is 0.272 e. The summed E-state index contributed by atoms with van der Waals surface area (Å²) in [6.45, 7) is 1.95. The molecule has 0 spiro atoms. The van der Waals surface area contributed by atoms with Crippen LogP contribution in [0.3, 0.4) is 0 Å². The maximum atomic E-state index is 13.4. The number of hydrogen-bond donors (Lipinski definition) is 3. The van der Waals surface area contributed by atoms with Gasteiger partial charge in [0.1, 0.15) is 11.4 Å². The molecular weight excluding hydrogens is 614 g/mol. The number of ether oxygens (including phenoxy) is 1. The van der Waals surface area contributed by atoms with Gasteiger partial charge in [-0.25, -0.2) is 0 Å². The number of thioether (sulfide) groups is 1. The van der Waals surface area contributed by atoms with E-state index < -0.39 is 11.8 Å². The highest BCUT2D eigenvalue weighted by Crippen LogP contribution is 2.29. The van der Waals surface area contributed by atoms with Crippen LogP contribution in [0.1, 0.15) is 29.3 Å². The molecule has 0 aromatic heterocycles. The SMILES string of the molecule is CCC(Sc1cccc(NC(=O)/C(=C/c2ccc(Br)cc2)NC(=O)c2ccccc2)c1)C(=O)Nc1ccc(OC)cc1. The molecule has 7 nitrogen and oxygen atoms in total. The molecule has 0 heterocycles. The summed E-state index contributed by atoms with van der Waals surface area (Å²) < 4.78 is 6.07. The Morgan fingerprint density at radius 2 is 1.57 bits per heavy atom. The molecule has 4 aromatic rings. The zero-order valence-electron chi connectivity index (χ0n) is 23.1. The molecular formula is C33H30BrN3O4S. The number of rotatable bonds is 11. The quantitative estimate of drug-likeness (QED) is 0.117. The number of amides is 3. The molecule has 0 aliphatic carbocycles. The number of methoxy groups -OCH3 is 1. The summed E-state index contributed by atoms with van der Waals surface area (Å²) in [5.74, 6) is -0.283. The van der Waals surface area contributed by atoms with E-state index in [2.05, 4.69) is 31.9 Å². The van der Waals surface area contributed by atoms with Gasteiger partial charge in [0.15, 0.2) is 0 Å². The fourth-order valence-electron chi connectivity index (χ4n) is 3.90. The zero-order valence-corrected chi connectivity index (χ0v) is 25.5. The largest absolute Gasteiger partial charge is 0.497 e. The third kappa shape index (κ3) is 8.83. The van der Waals surface area contributed by atoms with Gasteiger partial charge in [0.05, 0.1) is 12.4 Å². The number of carbonyl (C=O) groups is 3. The first-order valence-electron chi connectivity index (χ1n) is 13.2. The van der Waals surface area contributed by atoms with Gasteiger partial charge in [-0.15, -0.1) is 11.8 Å². The number of carbonyl (C=O) groups excluding carboxylic acids is 3. The first-order valence-corrected chi connectivity index (χ1v) is 14.9. The van der Waals surface area contributed by atoms with Crippen molar-refractivity contribution in [3.8, 4) is 5.75 Å². The van der Waals surface area contributed by atoms with Gasteiger partial charge in [0.2, 0.25) is 5.91 Å². The third-order valence-corrected chi connectivity index (χ3v) is 7.99. The van der Waals surface area contributed by atoms with E-state index in [1.165, 1.54) is 11.8 Å². The molecule has 0 fully saturated rings. The first kappa shape index (κ1) is 30.6. The third-order valence-electron chi connectivity index (χ3n) is 6.10. The number of halogens is 1. The zero-order chi connectivity index (χ0) is 29.9. The van der Waals surface area contributed by atoms with Gasteiger partial charge >= 0.3 is 0 Å². The van der Waals surface area contributed by atoms with E-state index in [1.54, 1.807) is 67.8 Å². The minimum absolute atomic E-state index is 0.0922. The fourth-order valence-corrected chi connectivity index (χ4v) is 5.17. The summed E-state index contributed by atoms with van der Waals surface area (Å²) in [5, 5.41) is 8.23. The minimum atomic E-state index is -0.478. The van der Waals surface area contributed by atoms with Crippen LogP contribution < -0.4 is 20.7 Å². The van der Waals surface area contributed by atoms with Crippen LogP contribution in [0.25, 0.3) is 6.08 Å². The molecule has 0 radical (unpaired) electrons. The average molecular weight is 645 g/mol. The van der Waals surface area contributed by atoms with Crippen molar-refractivity contribution < 1.29 is 19.1 Å². The molecule has 0 aliphatic heterocycles. The van der Waals surface area contributed by atoms with E-state index in [0.717, 1.165) is 14.9 Å². The molecule has 214 valence electrons. The van der Waals surface area contributed by atoms with Crippen LogP contribution in [0.5, 0.6) is 5.75 Å². The summed E-state index contributed by atoms with van der Waals surface area (Å²) in [6, 6.07) is 30.5. The molecule has 0 bridgehead atoms. The lowest BCUT2D eigenvalue weighted by Gasteiger charge is -2.16. The lowest BCUT2D eigenvalue weighted by Crippen LogP contribution is -2.30. The van der Waals surface area contributed by atoms with E-state index in [0.29, 0.717) is 29.1 Å². The monoisotopic (exact) mass is 643 g/mol. The van der Waals surface area contributed by atoms with Gasteiger partial charge in [-0.3, -0.25) is 14.4 Å². The second kappa shape index (κ2) is 15.0. The van der Waals surface area contributed by atoms with Crippen molar-refractivity contribution in [3.05, 3.63) is 124 Å². The molecule has 4 aromatic carbocycles. The van der Waals surface area contributed by atoms with Gasteiger partial charge in [0, 0.05) is 26.3 Å². The van der Waals surface area contributed by atoms with E-state index in [4.69, 9.17) is 4.74 Å². The van der Waals surface area contributed by atoms with Crippen LogP contribution in [0.2, 0.25) is 0 Å². The van der Waals surface area contributed by atoms with E-state index in [1.807, 2.05) is 55.5 Å². The van der Waals surface area contributed by atoms with Crippen molar-refractivity contribution in [1.82, 2.24) is 5.32 Å². The second-order valence-electron chi connectivity index (χ2n) is 9.14. The highest BCUT2D eigenvalue weighted by Gasteiger charge is 2.19. The smallest absolute Gasteiger partial charge is 0.272 e. The van der Waals surface area contributed by atoms with Crippen molar-refractivity contribution >= 4 is 62.9 Å². The second-order valence-corrected chi connectivity index (χ2v) is 11.3. The fraction of sp³-hybridized carbons (Fsp3) is 0.121. The van der Waals surface area contributed by atoms with Crippen LogP contribution in [-0.4, -0.2) is 30.1 Å². The molecule has 42 heavy (non-hydrogen) atoms. The topological polar surface area (TPSA) is 96.5 Å². The molecule has 1 unspecified atom stereocenters. The molecule has 3 amide bonds. The van der Waals surface area contributed by atoms with E-state index in [-0.39, 0.29) is 16.9 Å². The summed E-state index contributed by atoms with van der Waals surface area (Å²) in [6.07, 6.45) is 2.23. The van der Waals surface area contributed by atoms with Crippen molar-refractivity contribution in [2.75, 3.05) is 17.7 Å². The molecule has 9 heteroatoms. The average Bonchev–Trinajstić information content (AvgIpc) is 3.01. The van der Waals surface area contributed by atoms with Crippen molar-refractivity contribution in [3.63, 3.8) is 0 Å². The maximum absolute atomic E-state index is 13.4.